The molecule has 1 atom stereocenters. The maximum absolute atomic E-state index is 12.1. The Morgan fingerprint density at radius 3 is 3.00 bits per heavy atom. The number of hydrogen-bond donors (Lipinski definition) is 0. The molecule has 106 valence electrons. The number of aromatic nitrogens is 1. The second-order valence-electron chi connectivity index (χ2n) is 4.93. The monoisotopic (exact) mass is 307 g/mol. The summed E-state index contributed by atoms with van der Waals surface area (Å²) in [5.41, 5.74) is 0.959. The van der Waals surface area contributed by atoms with Gasteiger partial charge in [-0.3, -0.25) is 4.79 Å². The van der Waals surface area contributed by atoms with E-state index < -0.39 is 0 Å². The van der Waals surface area contributed by atoms with Gasteiger partial charge in [0.2, 0.25) is 0 Å². The first-order valence-electron chi connectivity index (χ1n) is 6.92. The number of aryl methyl sites for hydroxylation is 2. The number of nitrogens with zero attached hydrogens (tertiary/aromatic N) is 1. The lowest BCUT2D eigenvalue weighted by atomic mass is 9.91. The molecule has 3 rings (SSSR count). The van der Waals surface area contributed by atoms with Crippen molar-refractivity contribution in [1.29, 1.82) is 0 Å². The molecule has 2 heterocycles. The van der Waals surface area contributed by atoms with Crippen molar-refractivity contribution in [1.82, 2.24) is 4.98 Å². The Hall–Kier alpha value is -1.20. The Balaban J connectivity index is 1.94. The standard InChI is InChI=1S/C15H17NO2S2/c1-3-18-15(17)10-5-4-6-11-13(10)16-14(20-11)12-8-7-9(2)19-12/h7-8,10H,3-6H2,1-2H3. The molecule has 0 amide bonds. The molecule has 5 heteroatoms. The number of fused-ring (bicyclic) bond motifs is 1. The van der Waals surface area contributed by atoms with Gasteiger partial charge >= 0.3 is 5.97 Å². The van der Waals surface area contributed by atoms with Gasteiger partial charge in [0.05, 0.1) is 17.2 Å². The number of ether oxygens (including phenoxy) is 1. The molecule has 1 aliphatic rings. The van der Waals surface area contributed by atoms with Crippen LogP contribution in [0.3, 0.4) is 0 Å². The van der Waals surface area contributed by atoms with Crippen molar-refractivity contribution in [3.8, 4) is 9.88 Å². The SMILES string of the molecule is CCOC(=O)C1CCCc2sc(-c3ccc(C)s3)nc21. The van der Waals surface area contributed by atoms with Crippen LogP contribution in [-0.4, -0.2) is 17.6 Å². The summed E-state index contributed by atoms with van der Waals surface area (Å²) in [5, 5.41) is 1.05. The van der Waals surface area contributed by atoms with Crippen LogP contribution >= 0.6 is 22.7 Å². The molecule has 2 aromatic rings. The van der Waals surface area contributed by atoms with E-state index in [1.54, 1.807) is 22.7 Å². The quantitative estimate of drug-likeness (QED) is 0.799. The van der Waals surface area contributed by atoms with Crippen LogP contribution in [0, 0.1) is 6.92 Å². The van der Waals surface area contributed by atoms with Crippen molar-refractivity contribution in [3.05, 3.63) is 27.6 Å². The molecule has 1 unspecified atom stereocenters. The summed E-state index contributed by atoms with van der Waals surface area (Å²) < 4.78 is 5.19. The predicted octanol–water partition coefficient (Wildman–Crippen LogP) is 4.16. The third kappa shape index (κ3) is 2.52. The number of thiazole rings is 1. The van der Waals surface area contributed by atoms with E-state index in [-0.39, 0.29) is 11.9 Å². The second kappa shape index (κ2) is 5.66. The normalized spacial score (nSPS) is 17.8. The van der Waals surface area contributed by atoms with Crippen LogP contribution < -0.4 is 0 Å². The molecule has 20 heavy (non-hydrogen) atoms. The molecule has 0 saturated carbocycles. The highest BCUT2D eigenvalue weighted by atomic mass is 32.1. The second-order valence-corrected chi connectivity index (χ2v) is 7.31. The molecule has 0 fully saturated rings. The zero-order chi connectivity index (χ0) is 14.1. The summed E-state index contributed by atoms with van der Waals surface area (Å²) in [6.07, 6.45) is 2.94. The maximum atomic E-state index is 12.1. The Morgan fingerprint density at radius 2 is 2.30 bits per heavy atom. The number of carbonyl (C=O) groups excluding carboxylic acids is 1. The molecule has 1 aliphatic carbocycles. The molecule has 3 nitrogen and oxygen atoms in total. The topological polar surface area (TPSA) is 39.2 Å². The van der Waals surface area contributed by atoms with Gasteiger partial charge < -0.3 is 4.74 Å². The Kier molecular flexibility index (Phi) is 3.89. The van der Waals surface area contributed by atoms with E-state index in [1.807, 2.05) is 6.92 Å². The molecular weight excluding hydrogens is 290 g/mol. The predicted molar refractivity (Wildman–Crippen MR) is 82.5 cm³/mol. The van der Waals surface area contributed by atoms with Gasteiger partial charge in [-0.05, 0) is 45.2 Å². The number of hydrogen-bond acceptors (Lipinski definition) is 5. The van der Waals surface area contributed by atoms with Gasteiger partial charge in [0.25, 0.3) is 0 Å². The van der Waals surface area contributed by atoms with Crippen molar-refractivity contribution in [2.45, 2.75) is 39.0 Å². The first-order valence-corrected chi connectivity index (χ1v) is 8.55. The average molecular weight is 307 g/mol. The summed E-state index contributed by atoms with van der Waals surface area (Å²) in [5.74, 6) is -0.280. The van der Waals surface area contributed by atoms with Crippen molar-refractivity contribution in [2.75, 3.05) is 6.61 Å². The van der Waals surface area contributed by atoms with E-state index in [0.717, 1.165) is 30.0 Å². The van der Waals surface area contributed by atoms with Gasteiger partial charge in [-0.2, -0.15) is 0 Å². The molecule has 0 bridgehead atoms. The van der Waals surface area contributed by atoms with E-state index in [9.17, 15) is 4.79 Å². The minimum atomic E-state index is -0.162. The number of carbonyl (C=O) groups is 1. The summed E-state index contributed by atoms with van der Waals surface area (Å²) in [6, 6.07) is 4.23. The third-order valence-electron chi connectivity index (χ3n) is 3.48. The van der Waals surface area contributed by atoms with Crippen LogP contribution in [0.5, 0.6) is 0 Å². The maximum Gasteiger partial charge on any atom is 0.315 e. The van der Waals surface area contributed by atoms with Crippen LogP contribution in [0.4, 0.5) is 0 Å². The zero-order valence-corrected chi connectivity index (χ0v) is 13.3. The van der Waals surface area contributed by atoms with E-state index in [4.69, 9.17) is 9.72 Å². The van der Waals surface area contributed by atoms with Crippen molar-refractivity contribution in [3.63, 3.8) is 0 Å². The first-order chi connectivity index (χ1) is 9.69. The Labute approximate surface area is 126 Å². The fourth-order valence-electron chi connectivity index (χ4n) is 2.55. The highest BCUT2D eigenvalue weighted by Gasteiger charge is 2.31. The third-order valence-corrected chi connectivity index (χ3v) is 5.78. The van der Waals surface area contributed by atoms with Gasteiger partial charge in [-0.25, -0.2) is 4.98 Å². The lowest BCUT2D eigenvalue weighted by Crippen LogP contribution is -2.20. The molecule has 0 radical (unpaired) electrons. The smallest absolute Gasteiger partial charge is 0.315 e. The number of thiophene rings is 1. The summed E-state index contributed by atoms with van der Waals surface area (Å²) in [6.45, 7) is 4.39. The lowest BCUT2D eigenvalue weighted by Gasteiger charge is -2.19. The number of esters is 1. The van der Waals surface area contributed by atoms with Crippen molar-refractivity contribution in [2.24, 2.45) is 0 Å². The van der Waals surface area contributed by atoms with E-state index in [1.165, 1.54) is 14.6 Å². The van der Waals surface area contributed by atoms with Crippen LogP contribution in [0.1, 0.15) is 41.1 Å². The summed E-state index contributed by atoms with van der Waals surface area (Å²) in [7, 11) is 0. The first kappa shape index (κ1) is 13.8. The fourth-order valence-corrected chi connectivity index (χ4v) is 4.63. The largest absolute Gasteiger partial charge is 0.465 e. The minimum Gasteiger partial charge on any atom is -0.465 e. The van der Waals surface area contributed by atoms with Crippen molar-refractivity contribution >= 4 is 28.6 Å². The van der Waals surface area contributed by atoms with Crippen LogP contribution in [0.15, 0.2) is 12.1 Å². The van der Waals surface area contributed by atoms with Gasteiger partial charge in [0, 0.05) is 9.75 Å². The van der Waals surface area contributed by atoms with Crippen LogP contribution in [0.25, 0.3) is 9.88 Å². The highest BCUT2D eigenvalue weighted by molar-refractivity contribution is 7.21. The van der Waals surface area contributed by atoms with Gasteiger partial charge in [-0.1, -0.05) is 0 Å². The van der Waals surface area contributed by atoms with Gasteiger partial charge in [0.1, 0.15) is 10.9 Å². The van der Waals surface area contributed by atoms with Gasteiger partial charge in [-0.15, -0.1) is 22.7 Å². The lowest BCUT2D eigenvalue weighted by molar-refractivity contribution is -0.145. The average Bonchev–Trinajstić information content (AvgIpc) is 3.03. The van der Waals surface area contributed by atoms with Crippen LogP contribution in [-0.2, 0) is 16.0 Å². The molecule has 0 spiro atoms. The Bertz CT molecular complexity index is 630. The van der Waals surface area contributed by atoms with E-state index in [0.29, 0.717) is 6.61 Å². The van der Waals surface area contributed by atoms with Gasteiger partial charge in [0.15, 0.2) is 0 Å². The summed E-state index contributed by atoms with van der Waals surface area (Å²) >= 11 is 3.49. The van der Waals surface area contributed by atoms with Crippen molar-refractivity contribution < 1.29 is 9.53 Å². The molecule has 0 aromatic carbocycles. The van der Waals surface area contributed by atoms with E-state index >= 15 is 0 Å². The highest BCUT2D eigenvalue weighted by Crippen LogP contribution is 2.40. The zero-order valence-electron chi connectivity index (χ0n) is 11.6. The van der Waals surface area contributed by atoms with Crippen LogP contribution in [0.2, 0.25) is 0 Å². The Morgan fingerprint density at radius 1 is 1.45 bits per heavy atom. The summed E-state index contributed by atoms with van der Waals surface area (Å²) in [4.78, 5) is 20.5. The molecule has 2 aromatic heterocycles. The van der Waals surface area contributed by atoms with E-state index in [2.05, 4.69) is 19.1 Å². The molecule has 0 aliphatic heterocycles. The minimum absolute atomic E-state index is 0.118. The number of rotatable bonds is 3. The fraction of sp³-hybridized carbons (Fsp3) is 0.467. The molecule has 0 saturated heterocycles. The molecular formula is C15H17NO2S2. The molecule has 0 N–H and O–H groups in total.